The molecular formula is C19H23Cl2NO5. The second-order valence-electron chi connectivity index (χ2n) is 6.00. The first-order chi connectivity index (χ1) is 12.9. The van der Waals surface area contributed by atoms with E-state index in [1.807, 2.05) is 18.2 Å². The quantitative estimate of drug-likeness (QED) is 0.347. The van der Waals surface area contributed by atoms with Crippen LogP contribution in [0.4, 0.5) is 0 Å². The van der Waals surface area contributed by atoms with Crippen LogP contribution in [0.1, 0.15) is 6.42 Å². The Balaban J connectivity index is 2.11. The largest absolute Gasteiger partial charge is 0.491 e. The Bertz CT molecular complexity index is 705. The fourth-order valence-electron chi connectivity index (χ4n) is 3.00. The molecular weight excluding hydrogens is 393 g/mol. The van der Waals surface area contributed by atoms with Gasteiger partial charge in [0.1, 0.15) is 23.5 Å². The van der Waals surface area contributed by atoms with E-state index >= 15 is 0 Å². The minimum Gasteiger partial charge on any atom is -0.491 e. The first-order valence-corrected chi connectivity index (χ1v) is 9.06. The Morgan fingerprint density at radius 3 is 2.48 bits per heavy atom. The van der Waals surface area contributed by atoms with Gasteiger partial charge >= 0.3 is 0 Å². The lowest BCUT2D eigenvalue weighted by molar-refractivity contribution is -0.199. The molecule has 1 aliphatic carbocycles. The maximum atomic E-state index is 12.7. The van der Waals surface area contributed by atoms with Crippen molar-refractivity contribution in [1.82, 2.24) is 5.32 Å². The minimum atomic E-state index is -1.63. The summed E-state index contributed by atoms with van der Waals surface area (Å²) in [5.74, 6) is -1.53. The topological polar surface area (TPSA) is 77.0 Å². The highest BCUT2D eigenvalue weighted by Gasteiger charge is 2.65. The molecule has 0 saturated carbocycles. The van der Waals surface area contributed by atoms with Crippen molar-refractivity contribution in [1.29, 1.82) is 0 Å². The second-order valence-corrected chi connectivity index (χ2v) is 7.02. The summed E-state index contributed by atoms with van der Waals surface area (Å²) in [6, 6.07) is 9.10. The molecule has 2 N–H and O–H groups in total. The number of benzene rings is 1. The van der Waals surface area contributed by atoms with Gasteiger partial charge in [-0.05, 0) is 18.6 Å². The number of methoxy groups -OCH3 is 2. The van der Waals surface area contributed by atoms with Crippen molar-refractivity contribution < 1.29 is 24.1 Å². The zero-order valence-electron chi connectivity index (χ0n) is 15.2. The molecule has 8 heteroatoms. The van der Waals surface area contributed by atoms with Gasteiger partial charge in [0.2, 0.25) is 11.6 Å². The Morgan fingerprint density at radius 2 is 1.93 bits per heavy atom. The summed E-state index contributed by atoms with van der Waals surface area (Å²) in [6.07, 6.45) is 0.692. The van der Waals surface area contributed by atoms with Gasteiger partial charge in [-0.3, -0.25) is 4.79 Å². The molecule has 0 aliphatic heterocycles. The van der Waals surface area contributed by atoms with Gasteiger partial charge in [-0.15, -0.1) is 18.2 Å². The number of hydrogen-bond donors (Lipinski definition) is 2. The van der Waals surface area contributed by atoms with E-state index in [9.17, 15) is 9.90 Å². The molecule has 2 unspecified atom stereocenters. The highest BCUT2D eigenvalue weighted by molar-refractivity contribution is 6.53. The van der Waals surface area contributed by atoms with Gasteiger partial charge < -0.3 is 24.6 Å². The molecule has 1 aromatic rings. The SMILES string of the molecule is C=CCC1(Cl)C(=O)C(Cl)=C(NCC(O)COc2ccccc2)C1(OC)OC. The van der Waals surface area contributed by atoms with Crippen LogP contribution < -0.4 is 10.1 Å². The number of carbonyl (C=O) groups is 1. The number of halogens is 2. The zero-order chi connectivity index (χ0) is 20.1. The molecule has 6 nitrogen and oxygen atoms in total. The van der Waals surface area contributed by atoms with Crippen molar-refractivity contribution in [3.63, 3.8) is 0 Å². The monoisotopic (exact) mass is 415 g/mol. The highest BCUT2D eigenvalue weighted by Crippen LogP contribution is 2.50. The van der Waals surface area contributed by atoms with E-state index in [0.717, 1.165) is 0 Å². The van der Waals surface area contributed by atoms with Gasteiger partial charge in [-0.25, -0.2) is 0 Å². The smallest absolute Gasteiger partial charge is 0.238 e. The average Bonchev–Trinajstić information content (AvgIpc) is 2.84. The third-order valence-corrected chi connectivity index (χ3v) is 5.27. The van der Waals surface area contributed by atoms with Crippen LogP contribution in [0.3, 0.4) is 0 Å². The van der Waals surface area contributed by atoms with Crippen LogP contribution in [-0.2, 0) is 14.3 Å². The lowest BCUT2D eigenvalue weighted by atomic mass is 9.93. The molecule has 27 heavy (non-hydrogen) atoms. The van der Waals surface area contributed by atoms with Crippen molar-refractivity contribution in [2.24, 2.45) is 0 Å². The third kappa shape index (κ3) is 4.00. The number of carbonyl (C=O) groups excluding carboxylic acids is 1. The predicted octanol–water partition coefficient (Wildman–Crippen LogP) is 2.59. The Morgan fingerprint density at radius 1 is 1.30 bits per heavy atom. The fraction of sp³-hybridized carbons (Fsp3) is 0.421. The molecule has 1 aromatic carbocycles. The molecule has 0 amide bonds. The number of hydrogen-bond acceptors (Lipinski definition) is 6. The number of nitrogens with one attached hydrogen (secondary N) is 1. The molecule has 2 atom stereocenters. The highest BCUT2D eigenvalue weighted by atomic mass is 35.5. The maximum Gasteiger partial charge on any atom is 0.238 e. The molecule has 1 aliphatic rings. The van der Waals surface area contributed by atoms with Crippen molar-refractivity contribution in [2.45, 2.75) is 23.2 Å². The van der Waals surface area contributed by atoms with Gasteiger partial charge in [0, 0.05) is 20.8 Å². The summed E-state index contributed by atoms with van der Waals surface area (Å²) in [6.45, 7) is 3.72. The summed E-state index contributed by atoms with van der Waals surface area (Å²) in [5.41, 5.74) is 0.162. The molecule has 0 aromatic heterocycles. The standard InChI is InChI=1S/C19H23Cl2NO5/c1-4-10-18(21)17(24)15(20)16(19(18,25-2)26-3)22-11-13(23)12-27-14-8-6-5-7-9-14/h4-9,13,22-23H,1,10-12H2,2-3H3. The van der Waals surface area contributed by atoms with Crippen LogP contribution in [0.15, 0.2) is 53.7 Å². The molecule has 0 radical (unpaired) electrons. The minimum absolute atomic E-state index is 0.0429. The van der Waals surface area contributed by atoms with Crippen LogP contribution in [0.2, 0.25) is 0 Å². The van der Waals surface area contributed by atoms with Crippen molar-refractivity contribution >= 4 is 29.0 Å². The normalized spacial score (nSPS) is 22.6. The van der Waals surface area contributed by atoms with E-state index in [1.165, 1.54) is 20.3 Å². The summed E-state index contributed by atoms with van der Waals surface area (Å²) in [5, 5.41) is 13.0. The second kappa shape index (κ2) is 9.08. The van der Waals surface area contributed by atoms with E-state index in [0.29, 0.717) is 5.75 Å². The van der Waals surface area contributed by atoms with Crippen molar-refractivity contribution in [3.8, 4) is 5.75 Å². The summed E-state index contributed by atoms with van der Waals surface area (Å²) < 4.78 is 16.5. The van der Waals surface area contributed by atoms with Gasteiger partial charge in [0.15, 0.2) is 4.87 Å². The molecule has 148 valence electrons. The van der Waals surface area contributed by atoms with E-state index in [2.05, 4.69) is 11.9 Å². The number of alkyl halides is 1. The number of Topliss-reactive ketones (excluding diaryl/α,β-unsaturated/α-hetero) is 1. The first-order valence-electron chi connectivity index (χ1n) is 8.31. The number of allylic oxidation sites excluding steroid dienone is 2. The van der Waals surface area contributed by atoms with Gasteiger partial charge in [-0.1, -0.05) is 35.9 Å². The van der Waals surface area contributed by atoms with E-state index < -0.39 is 22.5 Å². The Labute approximate surface area is 168 Å². The van der Waals surface area contributed by atoms with Gasteiger partial charge in [-0.2, -0.15) is 0 Å². The van der Waals surface area contributed by atoms with Crippen LogP contribution in [0, 0.1) is 0 Å². The molecule has 0 heterocycles. The van der Waals surface area contributed by atoms with Crippen LogP contribution in [0.5, 0.6) is 5.75 Å². The Kier molecular flexibility index (Phi) is 7.31. The van der Waals surface area contributed by atoms with E-state index in [1.54, 1.807) is 12.1 Å². The number of aliphatic hydroxyl groups excluding tert-OH is 1. The molecule has 0 fully saturated rings. The van der Waals surface area contributed by atoms with Crippen LogP contribution >= 0.6 is 23.2 Å². The van der Waals surface area contributed by atoms with E-state index in [4.69, 9.17) is 37.4 Å². The average molecular weight is 416 g/mol. The van der Waals surface area contributed by atoms with Crippen LogP contribution in [-0.4, -0.2) is 55.0 Å². The summed E-state index contributed by atoms with van der Waals surface area (Å²) in [4.78, 5) is 11.1. The number of ketones is 1. The maximum absolute atomic E-state index is 12.7. The molecule has 0 spiro atoms. The lowest BCUT2D eigenvalue weighted by Gasteiger charge is -2.39. The number of ether oxygens (including phenoxy) is 3. The molecule has 0 bridgehead atoms. The van der Waals surface area contributed by atoms with Crippen molar-refractivity contribution in [2.75, 3.05) is 27.4 Å². The predicted molar refractivity (Wildman–Crippen MR) is 104 cm³/mol. The summed E-state index contributed by atoms with van der Waals surface area (Å²) >= 11 is 12.8. The van der Waals surface area contributed by atoms with Crippen molar-refractivity contribution in [3.05, 3.63) is 53.7 Å². The van der Waals surface area contributed by atoms with E-state index in [-0.39, 0.29) is 30.3 Å². The summed E-state index contributed by atoms with van der Waals surface area (Å²) in [7, 11) is 2.73. The number of para-hydroxylation sites is 1. The van der Waals surface area contributed by atoms with Gasteiger partial charge in [0.05, 0.1) is 5.70 Å². The molecule has 2 rings (SSSR count). The third-order valence-electron chi connectivity index (χ3n) is 4.33. The lowest BCUT2D eigenvalue weighted by Crippen LogP contribution is -2.57. The van der Waals surface area contributed by atoms with Gasteiger partial charge in [0.25, 0.3) is 0 Å². The number of aliphatic hydroxyl groups is 1. The zero-order valence-corrected chi connectivity index (χ0v) is 16.7. The molecule has 0 saturated heterocycles. The number of rotatable bonds is 10. The Hall–Kier alpha value is -1.57. The van der Waals surface area contributed by atoms with Crippen LogP contribution in [0.25, 0.3) is 0 Å². The fourth-order valence-corrected chi connectivity index (χ4v) is 3.85. The first kappa shape index (κ1) is 21.7.